The van der Waals surface area contributed by atoms with Crippen molar-refractivity contribution in [3.8, 4) is 11.3 Å². The zero-order valence-corrected chi connectivity index (χ0v) is 19.3. The Labute approximate surface area is 194 Å². The van der Waals surface area contributed by atoms with Crippen molar-refractivity contribution in [3.63, 3.8) is 0 Å². The number of rotatable bonds is 7. The van der Waals surface area contributed by atoms with Crippen LogP contribution in [0.3, 0.4) is 0 Å². The first-order chi connectivity index (χ1) is 15.4. The van der Waals surface area contributed by atoms with Gasteiger partial charge in [-0.1, -0.05) is 56.3 Å². The molecule has 0 aliphatic carbocycles. The lowest BCUT2D eigenvalue weighted by atomic mass is 10.0. The number of carboxylic acid groups (broad SMARTS) is 1. The molecule has 7 heteroatoms. The van der Waals surface area contributed by atoms with Crippen LogP contribution in [0, 0.1) is 0 Å². The Morgan fingerprint density at radius 3 is 2.31 bits per heavy atom. The Kier molecular flexibility index (Phi) is 6.48. The molecule has 4 aromatic rings. The molecule has 1 amide bonds. The summed E-state index contributed by atoms with van der Waals surface area (Å²) < 4.78 is 0. The zero-order valence-electron chi connectivity index (χ0n) is 17.7. The summed E-state index contributed by atoms with van der Waals surface area (Å²) >= 11 is 2.92. The van der Waals surface area contributed by atoms with Crippen LogP contribution in [0.25, 0.3) is 11.3 Å². The molecule has 0 fully saturated rings. The molecule has 162 valence electrons. The second kappa shape index (κ2) is 9.46. The van der Waals surface area contributed by atoms with Gasteiger partial charge in [-0.3, -0.25) is 9.69 Å². The number of aromatic nitrogens is 1. The number of hydrogen-bond acceptors (Lipinski definition) is 5. The molecule has 0 spiro atoms. The monoisotopic (exact) mass is 462 g/mol. The van der Waals surface area contributed by atoms with Crippen LogP contribution in [-0.4, -0.2) is 22.0 Å². The lowest BCUT2D eigenvalue weighted by molar-refractivity contribution is 0.0692. The van der Waals surface area contributed by atoms with E-state index in [0.717, 1.165) is 16.1 Å². The smallest absolute Gasteiger partial charge is 0.336 e. The number of amides is 1. The van der Waals surface area contributed by atoms with Gasteiger partial charge in [-0.25, -0.2) is 9.78 Å². The summed E-state index contributed by atoms with van der Waals surface area (Å²) in [6.07, 6.45) is 0. The molecule has 0 bridgehead atoms. The highest BCUT2D eigenvalue weighted by atomic mass is 32.1. The standard InChI is InChI=1S/C25H22N2O3S2/c1-16(2)17-9-11-18(12-10-17)22-15-32-25(26-22)27(14-19-6-5-13-31-19)23(28)20-7-3-4-8-21(20)24(29)30/h3-13,15-16H,14H2,1-2H3,(H,29,30). The first-order valence-electron chi connectivity index (χ1n) is 10.2. The van der Waals surface area contributed by atoms with Crippen molar-refractivity contribution in [1.82, 2.24) is 4.98 Å². The van der Waals surface area contributed by atoms with E-state index in [1.165, 1.54) is 23.0 Å². The average molecular weight is 463 g/mol. The van der Waals surface area contributed by atoms with Gasteiger partial charge in [0.05, 0.1) is 23.4 Å². The van der Waals surface area contributed by atoms with Gasteiger partial charge in [0.25, 0.3) is 5.91 Å². The first kappa shape index (κ1) is 21.9. The normalized spacial score (nSPS) is 11.0. The van der Waals surface area contributed by atoms with Crippen molar-refractivity contribution in [2.75, 3.05) is 4.90 Å². The molecule has 4 rings (SSSR count). The van der Waals surface area contributed by atoms with E-state index in [1.807, 2.05) is 35.0 Å². The maximum absolute atomic E-state index is 13.5. The average Bonchev–Trinajstić information content (AvgIpc) is 3.49. The number of aromatic carboxylic acids is 1. The van der Waals surface area contributed by atoms with Crippen molar-refractivity contribution >= 4 is 39.7 Å². The summed E-state index contributed by atoms with van der Waals surface area (Å²) in [6.45, 7) is 4.63. The number of carboxylic acids is 1. The molecular weight excluding hydrogens is 440 g/mol. The number of hydrogen-bond donors (Lipinski definition) is 1. The summed E-state index contributed by atoms with van der Waals surface area (Å²) in [5, 5.41) is 14.0. The minimum absolute atomic E-state index is 0.0188. The molecule has 0 saturated carbocycles. The molecule has 0 aliphatic rings. The molecule has 1 N–H and O–H groups in total. The molecule has 0 unspecified atom stereocenters. The third-order valence-corrected chi connectivity index (χ3v) is 6.85. The molecule has 0 radical (unpaired) electrons. The van der Waals surface area contributed by atoms with E-state index in [4.69, 9.17) is 4.98 Å². The quantitative estimate of drug-likeness (QED) is 0.338. The number of anilines is 1. The maximum atomic E-state index is 13.5. The van der Waals surface area contributed by atoms with Gasteiger partial charge < -0.3 is 5.11 Å². The molecule has 0 saturated heterocycles. The number of thiophene rings is 1. The zero-order chi connectivity index (χ0) is 22.7. The van der Waals surface area contributed by atoms with Gasteiger partial charge in [0.1, 0.15) is 0 Å². The van der Waals surface area contributed by atoms with Gasteiger partial charge >= 0.3 is 5.97 Å². The van der Waals surface area contributed by atoms with Crippen LogP contribution in [0.1, 0.15) is 50.9 Å². The van der Waals surface area contributed by atoms with Crippen molar-refractivity contribution in [2.24, 2.45) is 0 Å². The molecule has 2 aromatic carbocycles. The van der Waals surface area contributed by atoms with Crippen molar-refractivity contribution < 1.29 is 14.7 Å². The highest BCUT2D eigenvalue weighted by molar-refractivity contribution is 7.14. The van der Waals surface area contributed by atoms with Crippen LogP contribution in [0.4, 0.5) is 5.13 Å². The third-order valence-electron chi connectivity index (χ3n) is 5.12. The molecule has 32 heavy (non-hydrogen) atoms. The maximum Gasteiger partial charge on any atom is 0.336 e. The van der Waals surface area contributed by atoms with E-state index >= 15 is 0 Å². The van der Waals surface area contributed by atoms with Crippen LogP contribution >= 0.6 is 22.7 Å². The number of nitrogens with zero attached hydrogens (tertiary/aromatic N) is 2. The Hall–Kier alpha value is -3.29. The minimum Gasteiger partial charge on any atom is -0.478 e. The second-order valence-electron chi connectivity index (χ2n) is 7.61. The van der Waals surface area contributed by atoms with E-state index < -0.39 is 5.97 Å². The van der Waals surface area contributed by atoms with Gasteiger partial charge in [0, 0.05) is 15.8 Å². The highest BCUT2D eigenvalue weighted by Gasteiger charge is 2.25. The van der Waals surface area contributed by atoms with Gasteiger partial charge in [0.15, 0.2) is 5.13 Å². The molecular formula is C25H22N2O3S2. The van der Waals surface area contributed by atoms with E-state index in [0.29, 0.717) is 17.6 Å². The van der Waals surface area contributed by atoms with E-state index in [-0.39, 0.29) is 17.0 Å². The van der Waals surface area contributed by atoms with Crippen LogP contribution in [0.2, 0.25) is 0 Å². The number of carbonyl (C=O) groups excluding carboxylic acids is 1. The second-order valence-corrected chi connectivity index (χ2v) is 9.48. The van der Waals surface area contributed by atoms with Gasteiger partial charge in [-0.05, 0) is 35.1 Å². The topological polar surface area (TPSA) is 70.5 Å². The summed E-state index contributed by atoms with van der Waals surface area (Å²) in [4.78, 5) is 32.5. The summed E-state index contributed by atoms with van der Waals surface area (Å²) in [5.41, 5.74) is 3.15. The number of carbonyl (C=O) groups is 2. The lowest BCUT2D eigenvalue weighted by Crippen LogP contribution is -2.31. The first-order valence-corrected chi connectivity index (χ1v) is 11.9. The van der Waals surface area contributed by atoms with Crippen molar-refractivity contribution in [2.45, 2.75) is 26.3 Å². The number of thiazole rings is 1. The van der Waals surface area contributed by atoms with Crippen LogP contribution in [-0.2, 0) is 6.54 Å². The fourth-order valence-electron chi connectivity index (χ4n) is 3.35. The summed E-state index contributed by atoms with van der Waals surface area (Å²) in [7, 11) is 0. The van der Waals surface area contributed by atoms with Crippen LogP contribution in [0.15, 0.2) is 71.4 Å². The Bertz CT molecular complexity index is 1230. The highest BCUT2D eigenvalue weighted by Crippen LogP contribution is 2.31. The van der Waals surface area contributed by atoms with Crippen LogP contribution < -0.4 is 4.90 Å². The molecule has 2 heterocycles. The fourth-order valence-corrected chi connectivity index (χ4v) is 4.87. The fraction of sp³-hybridized carbons (Fsp3) is 0.160. The van der Waals surface area contributed by atoms with E-state index in [2.05, 4.69) is 26.0 Å². The lowest BCUT2D eigenvalue weighted by Gasteiger charge is -2.20. The Morgan fingerprint density at radius 1 is 0.969 bits per heavy atom. The minimum atomic E-state index is -1.13. The molecule has 0 aliphatic heterocycles. The number of benzene rings is 2. The van der Waals surface area contributed by atoms with Gasteiger partial charge in [-0.2, -0.15) is 0 Å². The molecule has 5 nitrogen and oxygen atoms in total. The van der Waals surface area contributed by atoms with E-state index in [9.17, 15) is 14.7 Å². The Morgan fingerprint density at radius 2 is 1.69 bits per heavy atom. The van der Waals surface area contributed by atoms with Crippen LogP contribution in [0.5, 0.6) is 0 Å². The SMILES string of the molecule is CC(C)c1ccc(-c2csc(N(Cc3cccs3)C(=O)c3ccccc3C(=O)O)n2)cc1. The third kappa shape index (κ3) is 4.64. The summed E-state index contributed by atoms with van der Waals surface area (Å²) in [6, 6.07) is 18.4. The largest absolute Gasteiger partial charge is 0.478 e. The summed E-state index contributed by atoms with van der Waals surface area (Å²) in [5.74, 6) is -1.06. The van der Waals surface area contributed by atoms with Crippen molar-refractivity contribution in [1.29, 1.82) is 0 Å². The molecule has 2 aromatic heterocycles. The predicted octanol–water partition coefficient (Wildman–Crippen LogP) is 6.54. The van der Waals surface area contributed by atoms with E-state index in [1.54, 1.807) is 34.4 Å². The molecule has 0 atom stereocenters. The van der Waals surface area contributed by atoms with Crippen molar-refractivity contribution in [3.05, 3.63) is 93.0 Å². The van der Waals surface area contributed by atoms with Gasteiger partial charge in [0.2, 0.25) is 0 Å². The Balaban J connectivity index is 1.70. The van der Waals surface area contributed by atoms with Gasteiger partial charge in [-0.15, -0.1) is 22.7 Å². The predicted molar refractivity (Wildman–Crippen MR) is 130 cm³/mol.